The summed E-state index contributed by atoms with van der Waals surface area (Å²) in [7, 11) is -3.71. The van der Waals surface area contributed by atoms with Crippen LogP contribution in [0.5, 0.6) is 0 Å². The summed E-state index contributed by atoms with van der Waals surface area (Å²) in [5.41, 5.74) is 5.40. The minimum Gasteiger partial charge on any atom is -0.278 e. The van der Waals surface area contributed by atoms with Crippen molar-refractivity contribution in [1.29, 1.82) is 0 Å². The standard InChI is InChI=1S/C23H25NO2S2/c1-15-16(2)18(4)23(19(5)17(15)3)28(25,26)24-21-13-9-10-14-22(21)27-20-11-7-6-8-12-20/h6-14,24H,1-5H3. The zero-order valence-electron chi connectivity index (χ0n) is 16.8. The van der Waals surface area contributed by atoms with E-state index in [1.807, 2.05) is 83.1 Å². The Hall–Kier alpha value is -2.24. The highest BCUT2D eigenvalue weighted by molar-refractivity contribution is 7.99. The second-order valence-corrected chi connectivity index (χ2v) is 9.71. The molecular weight excluding hydrogens is 386 g/mol. The van der Waals surface area contributed by atoms with Crippen molar-refractivity contribution in [3.05, 3.63) is 82.4 Å². The molecule has 0 saturated carbocycles. The molecule has 0 aliphatic heterocycles. The lowest BCUT2D eigenvalue weighted by molar-refractivity contribution is 0.599. The van der Waals surface area contributed by atoms with E-state index in [1.54, 1.807) is 17.8 Å². The fraction of sp³-hybridized carbons (Fsp3) is 0.217. The summed E-state index contributed by atoms with van der Waals surface area (Å²) in [6.45, 7) is 9.77. The van der Waals surface area contributed by atoms with E-state index in [0.717, 1.165) is 37.6 Å². The molecule has 3 nitrogen and oxygen atoms in total. The molecular formula is C23H25NO2S2. The van der Waals surface area contributed by atoms with Gasteiger partial charge in [-0.25, -0.2) is 8.42 Å². The maximum absolute atomic E-state index is 13.3. The Kier molecular flexibility index (Phi) is 5.87. The maximum atomic E-state index is 13.3. The van der Waals surface area contributed by atoms with Gasteiger partial charge >= 0.3 is 0 Å². The number of rotatable bonds is 5. The van der Waals surface area contributed by atoms with E-state index in [0.29, 0.717) is 10.6 Å². The first kappa shape index (κ1) is 20.5. The average molecular weight is 412 g/mol. The Bertz CT molecular complexity index is 1090. The van der Waals surface area contributed by atoms with Crippen LogP contribution in [0.3, 0.4) is 0 Å². The molecule has 5 heteroatoms. The smallest absolute Gasteiger partial charge is 0.262 e. The normalized spacial score (nSPS) is 11.5. The summed E-state index contributed by atoms with van der Waals surface area (Å²) in [6, 6.07) is 17.4. The van der Waals surface area contributed by atoms with Gasteiger partial charge in [0.2, 0.25) is 0 Å². The van der Waals surface area contributed by atoms with Crippen LogP contribution in [0.4, 0.5) is 5.69 Å². The van der Waals surface area contributed by atoms with Gasteiger partial charge in [0.15, 0.2) is 0 Å². The highest BCUT2D eigenvalue weighted by Crippen LogP contribution is 2.36. The largest absolute Gasteiger partial charge is 0.278 e. The summed E-state index contributed by atoms with van der Waals surface area (Å²) in [5.74, 6) is 0. The molecule has 0 aromatic heterocycles. The van der Waals surface area contributed by atoms with Crippen molar-refractivity contribution in [1.82, 2.24) is 0 Å². The number of nitrogens with one attached hydrogen (secondary N) is 1. The molecule has 3 aromatic carbocycles. The number of hydrogen-bond acceptors (Lipinski definition) is 3. The minimum atomic E-state index is -3.71. The Morgan fingerprint density at radius 2 is 1.18 bits per heavy atom. The lowest BCUT2D eigenvalue weighted by Crippen LogP contribution is -2.18. The molecule has 1 N–H and O–H groups in total. The summed E-state index contributed by atoms with van der Waals surface area (Å²) in [4.78, 5) is 2.31. The molecule has 0 aliphatic carbocycles. The first-order valence-corrected chi connectivity index (χ1v) is 11.4. The van der Waals surface area contributed by atoms with E-state index >= 15 is 0 Å². The third-order valence-electron chi connectivity index (χ3n) is 5.30. The molecule has 0 bridgehead atoms. The predicted octanol–water partition coefficient (Wildman–Crippen LogP) is 6.18. The van der Waals surface area contributed by atoms with Crippen molar-refractivity contribution in [2.45, 2.75) is 49.3 Å². The minimum absolute atomic E-state index is 0.382. The van der Waals surface area contributed by atoms with Crippen LogP contribution in [0.15, 0.2) is 69.3 Å². The first-order valence-electron chi connectivity index (χ1n) is 9.14. The molecule has 28 heavy (non-hydrogen) atoms. The molecule has 3 aromatic rings. The van der Waals surface area contributed by atoms with E-state index in [-0.39, 0.29) is 0 Å². The Balaban J connectivity index is 2.04. The van der Waals surface area contributed by atoms with Gasteiger partial charge in [0, 0.05) is 9.79 Å². The summed E-state index contributed by atoms with van der Waals surface area (Å²) in [5, 5.41) is 0. The number of benzene rings is 3. The zero-order chi connectivity index (χ0) is 20.5. The monoisotopic (exact) mass is 411 g/mol. The Morgan fingerprint density at radius 3 is 1.79 bits per heavy atom. The Labute approximate surface area is 172 Å². The van der Waals surface area contributed by atoms with Crippen molar-refractivity contribution in [3.63, 3.8) is 0 Å². The van der Waals surface area contributed by atoms with Crippen LogP contribution in [-0.4, -0.2) is 8.42 Å². The second kappa shape index (κ2) is 8.02. The maximum Gasteiger partial charge on any atom is 0.262 e. The second-order valence-electron chi connectivity index (χ2n) is 6.97. The molecule has 0 fully saturated rings. The van der Waals surface area contributed by atoms with Gasteiger partial charge in [-0.15, -0.1) is 0 Å². The van der Waals surface area contributed by atoms with Gasteiger partial charge < -0.3 is 0 Å². The van der Waals surface area contributed by atoms with Gasteiger partial charge in [-0.2, -0.15) is 0 Å². The molecule has 0 amide bonds. The van der Waals surface area contributed by atoms with Crippen LogP contribution in [0.1, 0.15) is 27.8 Å². The van der Waals surface area contributed by atoms with Gasteiger partial charge in [0.25, 0.3) is 10.0 Å². The lowest BCUT2D eigenvalue weighted by Gasteiger charge is -2.20. The molecule has 0 saturated heterocycles. The van der Waals surface area contributed by atoms with Crippen LogP contribution in [-0.2, 0) is 10.0 Å². The number of hydrogen-bond donors (Lipinski definition) is 1. The van der Waals surface area contributed by atoms with Crippen molar-refractivity contribution < 1.29 is 8.42 Å². The number of sulfonamides is 1. The van der Waals surface area contributed by atoms with Crippen LogP contribution >= 0.6 is 11.8 Å². The third-order valence-corrected chi connectivity index (χ3v) is 8.02. The quantitative estimate of drug-likeness (QED) is 0.545. The number of anilines is 1. The molecule has 0 radical (unpaired) electrons. The third kappa shape index (κ3) is 3.96. The van der Waals surface area contributed by atoms with Gasteiger partial charge in [-0.3, -0.25) is 4.72 Å². The number of para-hydroxylation sites is 1. The fourth-order valence-corrected chi connectivity index (χ4v) is 5.99. The van der Waals surface area contributed by atoms with Crippen LogP contribution in [0.2, 0.25) is 0 Å². The van der Waals surface area contributed by atoms with Gasteiger partial charge in [-0.05, 0) is 86.7 Å². The molecule has 146 valence electrons. The van der Waals surface area contributed by atoms with Crippen molar-refractivity contribution >= 4 is 27.5 Å². The van der Waals surface area contributed by atoms with Crippen molar-refractivity contribution in [3.8, 4) is 0 Å². The highest BCUT2D eigenvalue weighted by Gasteiger charge is 2.24. The van der Waals surface area contributed by atoms with E-state index in [1.165, 1.54) is 0 Å². The van der Waals surface area contributed by atoms with E-state index in [2.05, 4.69) is 4.72 Å². The van der Waals surface area contributed by atoms with Crippen molar-refractivity contribution in [2.75, 3.05) is 4.72 Å². The zero-order valence-corrected chi connectivity index (χ0v) is 18.5. The summed E-state index contributed by atoms with van der Waals surface area (Å²) in [6.07, 6.45) is 0. The van der Waals surface area contributed by atoms with E-state index in [9.17, 15) is 8.42 Å². The first-order chi connectivity index (χ1) is 13.2. The fourth-order valence-electron chi connectivity index (χ4n) is 3.32. The average Bonchev–Trinajstić information content (AvgIpc) is 2.67. The lowest BCUT2D eigenvalue weighted by atomic mass is 9.95. The van der Waals surface area contributed by atoms with E-state index in [4.69, 9.17) is 0 Å². The molecule has 3 rings (SSSR count). The van der Waals surface area contributed by atoms with Crippen molar-refractivity contribution in [2.24, 2.45) is 0 Å². The van der Waals surface area contributed by atoms with E-state index < -0.39 is 10.0 Å². The van der Waals surface area contributed by atoms with Gasteiger partial charge in [-0.1, -0.05) is 42.1 Å². The summed E-state index contributed by atoms with van der Waals surface area (Å²) < 4.78 is 29.5. The van der Waals surface area contributed by atoms with Crippen LogP contribution in [0.25, 0.3) is 0 Å². The predicted molar refractivity (Wildman–Crippen MR) is 118 cm³/mol. The molecule has 0 unspecified atom stereocenters. The molecule has 0 spiro atoms. The SMILES string of the molecule is Cc1c(C)c(C)c(S(=O)(=O)Nc2ccccc2Sc2ccccc2)c(C)c1C. The van der Waals surface area contributed by atoms with Crippen LogP contribution < -0.4 is 4.72 Å². The van der Waals surface area contributed by atoms with Gasteiger partial charge in [0.05, 0.1) is 10.6 Å². The Morgan fingerprint density at radius 1 is 0.679 bits per heavy atom. The molecule has 0 aliphatic rings. The topological polar surface area (TPSA) is 46.2 Å². The molecule has 0 heterocycles. The molecule has 0 atom stereocenters. The summed E-state index contributed by atoms with van der Waals surface area (Å²) >= 11 is 1.54. The van der Waals surface area contributed by atoms with Crippen LogP contribution in [0, 0.1) is 34.6 Å². The highest BCUT2D eigenvalue weighted by atomic mass is 32.2. The van der Waals surface area contributed by atoms with Gasteiger partial charge in [0.1, 0.15) is 0 Å².